The minimum absolute atomic E-state index is 0.113. The molecule has 0 bridgehead atoms. The van der Waals surface area contributed by atoms with Crippen molar-refractivity contribution < 1.29 is 0 Å². The second kappa shape index (κ2) is 3.35. The maximum Gasteiger partial charge on any atom is 0.157 e. The van der Waals surface area contributed by atoms with E-state index in [2.05, 4.69) is 29.0 Å². The van der Waals surface area contributed by atoms with Crippen LogP contribution in [0.5, 0.6) is 0 Å². The zero-order chi connectivity index (χ0) is 10.2. The summed E-state index contributed by atoms with van der Waals surface area (Å²) in [5, 5.41) is 7.28. The fraction of sp³-hybridized carbons (Fsp3) is 0.800. The van der Waals surface area contributed by atoms with E-state index in [-0.39, 0.29) is 5.41 Å². The lowest BCUT2D eigenvalue weighted by atomic mass is 9.85. The van der Waals surface area contributed by atoms with Gasteiger partial charge in [0.1, 0.15) is 5.82 Å². The van der Waals surface area contributed by atoms with E-state index in [1.807, 2.05) is 0 Å². The highest BCUT2D eigenvalue weighted by molar-refractivity contribution is 5.08. The molecule has 4 nitrogen and oxygen atoms in total. The van der Waals surface area contributed by atoms with Crippen LogP contribution in [0.25, 0.3) is 0 Å². The molecule has 1 heterocycles. The maximum absolute atomic E-state index is 5.68. The molecule has 3 N–H and O–H groups in total. The average molecular weight is 194 g/mol. The highest BCUT2D eigenvalue weighted by Crippen LogP contribution is 2.34. The summed E-state index contributed by atoms with van der Waals surface area (Å²) in [6, 6.07) is 0. The molecule has 0 saturated heterocycles. The summed E-state index contributed by atoms with van der Waals surface area (Å²) in [5.74, 6) is 2.51. The molecule has 0 aliphatic heterocycles. The van der Waals surface area contributed by atoms with Crippen LogP contribution in [0.15, 0.2) is 0 Å². The Labute approximate surface area is 84.3 Å². The highest BCUT2D eigenvalue weighted by atomic mass is 15.2. The van der Waals surface area contributed by atoms with Gasteiger partial charge >= 0.3 is 0 Å². The lowest BCUT2D eigenvalue weighted by Gasteiger charge is -2.22. The molecule has 0 aromatic carbocycles. The number of aromatic amines is 1. The number of rotatable bonds is 3. The molecule has 1 aromatic heterocycles. The Morgan fingerprint density at radius 1 is 1.50 bits per heavy atom. The first-order chi connectivity index (χ1) is 6.63. The molecule has 0 radical (unpaired) electrons. The molecule has 78 valence electrons. The summed E-state index contributed by atoms with van der Waals surface area (Å²) in [6.07, 6.45) is 3.82. The van der Waals surface area contributed by atoms with Crippen LogP contribution in [0.1, 0.15) is 50.7 Å². The topological polar surface area (TPSA) is 67.6 Å². The second-order valence-corrected chi connectivity index (χ2v) is 4.76. The van der Waals surface area contributed by atoms with Crippen LogP contribution >= 0.6 is 0 Å². The van der Waals surface area contributed by atoms with Gasteiger partial charge in [-0.05, 0) is 12.8 Å². The van der Waals surface area contributed by atoms with Crippen LogP contribution in [-0.2, 0) is 5.41 Å². The van der Waals surface area contributed by atoms with Crippen LogP contribution in [0.3, 0.4) is 0 Å². The van der Waals surface area contributed by atoms with E-state index in [9.17, 15) is 0 Å². The lowest BCUT2D eigenvalue weighted by molar-refractivity contribution is 0.401. The molecule has 0 atom stereocenters. The van der Waals surface area contributed by atoms with E-state index in [0.29, 0.717) is 12.5 Å². The minimum Gasteiger partial charge on any atom is -0.329 e. The number of hydrogen-bond acceptors (Lipinski definition) is 3. The number of H-pyrrole nitrogens is 1. The van der Waals surface area contributed by atoms with Gasteiger partial charge in [-0.25, -0.2) is 4.98 Å². The number of hydrogen-bond donors (Lipinski definition) is 2. The predicted molar refractivity (Wildman–Crippen MR) is 55.1 cm³/mol. The van der Waals surface area contributed by atoms with Crippen molar-refractivity contribution >= 4 is 0 Å². The molecule has 0 spiro atoms. The van der Waals surface area contributed by atoms with Crippen molar-refractivity contribution in [2.45, 2.75) is 44.4 Å². The van der Waals surface area contributed by atoms with Gasteiger partial charge in [0.15, 0.2) is 5.82 Å². The third kappa shape index (κ3) is 1.54. The molecular formula is C10H18N4. The number of nitrogens with zero attached hydrogens (tertiary/aromatic N) is 2. The second-order valence-electron chi connectivity index (χ2n) is 4.76. The third-order valence-electron chi connectivity index (χ3n) is 3.11. The van der Waals surface area contributed by atoms with Gasteiger partial charge in [0.2, 0.25) is 0 Å². The van der Waals surface area contributed by atoms with Gasteiger partial charge in [-0.2, -0.15) is 5.10 Å². The van der Waals surface area contributed by atoms with E-state index >= 15 is 0 Å². The van der Waals surface area contributed by atoms with Crippen LogP contribution in [-0.4, -0.2) is 21.7 Å². The first kappa shape index (κ1) is 9.65. The largest absolute Gasteiger partial charge is 0.329 e. The smallest absolute Gasteiger partial charge is 0.157 e. The fourth-order valence-corrected chi connectivity index (χ4v) is 1.53. The van der Waals surface area contributed by atoms with Crippen molar-refractivity contribution in [2.75, 3.05) is 6.54 Å². The molecule has 0 unspecified atom stereocenters. The molecule has 1 saturated carbocycles. The standard InChI is InChI=1S/C10H18N4/c1-10(2,6-11)9-12-8(13-14-9)7-4-3-5-7/h7H,3-6,11H2,1-2H3,(H,12,13,14). The first-order valence-electron chi connectivity index (χ1n) is 5.26. The van der Waals surface area contributed by atoms with Crippen molar-refractivity contribution in [1.29, 1.82) is 0 Å². The first-order valence-corrected chi connectivity index (χ1v) is 5.26. The molecular weight excluding hydrogens is 176 g/mol. The summed E-state index contributed by atoms with van der Waals surface area (Å²) in [6.45, 7) is 4.72. The van der Waals surface area contributed by atoms with Crippen LogP contribution in [0, 0.1) is 0 Å². The molecule has 1 aromatic rings. The number of nitrogens with two attached hydrogens (primary N) is 1. The number of aromatic nitrogens is 3. The Morgan fingerprint density at radius 2 is 2.21 bits per heavy atom. The van der Waals surface area contributed by atoms with E-state index in [4.69, 9.17) is 5.73 Å². The molecule has 2 rings (SSSR count). The highest BCUT2D eigenvalue weighted by Gasteiger charge is 2.27. The molecule has 1 aliphatic rings. The van der Waals surface area contributed by atoms with Gasteiger partial charge in [0, 0.05) is 17.9 Å². The predicted octanol–water partition coefficient (Wildman–Crippen LogP) is 1.31. The zero-order valence-corrected chi connectivity index (χ0v) is 8.88. The monoisotopic (exact) mass is 194 g/mol. The summed E-state index contributed by atoms with van der Waals surface area (Å²) in [7, 11) is 0. The third-order valence-corrected chi connectivity index (χ3v) is 3.11. The van der Waals surface area contributed by atoms with E-state index < -0.39 is 0 Å². The Hall–Kier alpha value is -0.900. The van der Waals surface area contributed by atoms with Crippen molar-refractivity contribution in [2.24, 2.45) is 5.73 Å². The Balaban J connectivity index is 2.16. The van der Waals surface area contributed by atoms with Crippen molar-refractivity contribution in [1.82, 2.24) is 15.2 Å². The normalized spacial score (nSPS) is 18.2. The summed E-state index contributed by atoms with van der Waals surface area (Å²) in [5.41, 5.74) is 5.56. The van der Waals surface area contributed by atoms with Crippen molar-refractivity contribution in [3.05, 3.63) is 11.6 Å². The Kier molecular flexibility index (Phi) is 2.31. The van der Waals surface area contributed by atoms with E-state index in [0.717, 1.165) is 11.6 Å². The molecule has 4 heteroatoms. The van der Waals surface area contributed by atoms with Gasteiger partial charge in [-0.1, -0.05) is 20.3 Å². The van der Waals surface area contributed by atoms with Gasteiger partial charge in [-0.15, -0.1) is 0 Å². The molecule has 14 heavy (non-hydrogen) atoms. The van der Waals surface area contributed by atoms with E-state index in [1.54, 1.807) is 0 Å². The van der Waals surface area contributed by atoms with Crippen LogP contribution in [0.4, 0.5) is 0 Å². The maximum atomic E-state index is 5.68. The fourth-order valence-electron chi connectivity index (χ4n) is 1.53. The average Bonchev–Trinajstić information content (AvgIpc) is 2.51. The van der Waals surface area contributed by atoms with Gasteiger partial charge in [-0.3, -0.25) is 5.10 Å². The van der Waals surface area contributed by atoms with Crippen LogP contribution in [0.2, 0.25) is 0 Å². The summed E-state index contributed by atoms with van der Waals surface area (Å²) >= 11 is 0. The van der Waals surface area contributed by atoms with Crippen molar-refractivity contribution in [3.63, 3.8) is 0 Å². The zero-order valence-electron chi connectivity index (χ0n) is 8.88. The minimum atomic E-state index is -0.113. The van der Waals surface area contributed by atoms with Gasteiger partial charge in [0.25, 0.3) is 0 Å². The Morgan fingerprint density at radius 3 is 2.71 bits per heavy atom. The quantitative estimate of drug-likeness (QED) is 0.762. The SMILES string of the molecule is CC(C)(CN)c1n[nH]c(C2CCC2)n1. The van der Waals surface area contributed by atoms with E-state index in [1.165, 1.54) is 19.3 Å². The van der Waals surface area contributed by atoms with Crippen LogP contribution < -0.4 is 5.73 Å². The van der Waals surface area contributed by atoms with Gasteiger partial charge in [0.05, 0.1) is 0 Å². The molecule has 1 fully saturated rings. The molecule has 0 amide bonds. The number of nitrogens with one attached hydrogen (secondary N) is 1. The summed E-state index contributed by atoms with van der Waals surface area (Å²) < 4.78 is 0. The molecule has 1 aliphatic carbocycles. The van der Waals surface area contributed by atoms with Gasteiger partial charge < -0.3 is 5.73 Å². The van der Waals surface area contributed by atoms with Crippen molar-refractivity contribution in [3.8, 4) is 0 Å². The summed E-state index contributed by atoms with van der Waals surface area (Å²) in [4.78, 5) is 4.53. The lowest BCUT2D eigenvalue weighted by Crippen LogP contribution is -2.29. The Bertz CT molecular complexity index is 312.